The second-order valence-corrected chi connectivity index (χ2v) is 5.14. The quantitative estimate of drug-likeness (QED) is 0.817. The number of likely N-dealkylation sites (N-methyl/N-ethyl adjacent to an activating group) is 1. The summed E-state index contributed by atoms with van der Waals surface area (Å²) in [6.45, 7) is 5.21. The van der Waals surface area contributed by atoms with Crippen LogP contribution in [0.2, 0.25) is 0 Å². The monoisotopic (exact) mass is 236 g/mol. The lowest BCUT2D eigenvalue weighted by molar-refractivity contribution is 0.326. The van der Waals surface area contributed by atoms with Crippen molar-refractivity contribution in [2.24, 2.45) is 11.8 Å². The average molecular weight is 236 g/mol. The molecular formula is C14H21FN2. The smallest absolute Gasteiger partial charge is 0.146 e. The minimum Gasteiger partial charge on any atom is -0.381 e. The molecule has 94 valence electrons. The molecule has 1 aliphatic rings. The van der Waals surface area contributed by atoms with Gasteiger partial charge in [-0.3, -0.25) is 0 Å². The van der Waals surface area contributed by atoms with E-state index in [9.17, 15) is 4.39 Å². The standard InChI is InChI=1S/C14H21FN2/c1-11-9-12(11)10-17(2)8-7-16-14-6-4-3-5-13(14)15/h3-6,11-12,16H,7-10H2,1-2H3. The molecule has 17 heavy (non-hydrogen) atoms. The molecule has 0 bridgehead atoms. The summed E-state index contributed by atoms with van der Waals surface area (Å²) in [5.74, 6) is 1.61. The van der Waals surface area contributed by atoms with Gasteiger partial charge < -0.3 is 10.2 Å². The first-order valence-electron chi connectivity index (χ1n) is 6.33. The number of nitrogens with one attached hydrogen (secondary N) is 1. The van der Waals surface area contributed by atoms with E-state index in [4.69, 9.17) is 0 Å². The Morgan fingerprint density at radius 3 is 2.76 bits per heavy atom. The van der Waals surface area contributed by atoms with E-state index in [1.54, 1.807) is 12.1 Å². The predicted octanol–water partition coefficient (Wildman–Crippen LogP) is 2.83. The Balaban J connectivity index is 1.67. The number of anilines is 1. The van der Waals surface area contributed by atoms with Crippen LogP contribution in [0.15, 0.2) is 24.3 Å². The Labute approximate surface area is 103 Å². The lowest BCUT2D eigenvalue weighted by Crippen LogP contribution is -2.27. The van der Waals surface area contributed by atoms with Crippen LogP contribution < -0.4 is 5.32 Å². The molecule has 0 spiro atoms. The normalized spacial score (nSPS) is 22.8. The van der Waals surface area contributed by atoms with Crippen LogP contribution in [-0.2, 0) is 0 Å². The molecule has 2 nitrogen and oxygen atoms in total. The van der Waals surface area contributed by atoms with Crippen molar-refractivity contribution in [3.05, 3.63) is 30.1 Å². The molecular weight excluding hydrogens is 215 g/mol. The van der Waals surface area contributed by atoms with Gasteiger partial charge in [-0.15, -0.1) is 0 Å². The second-order valence-electron chi connectivity index (χ2n) is 5.14. The number of hydrogen-bond donors (Lipinski definition) is 1. The molecule has 1 aromatic rings. The van der Waals surface area contributed by atoms with Crippen molar-refractivity contribution in [3.63, 3.8) is 0 Å². The minimum absolute atomic E-state index is 0.175. The third kappa shape index (κ3) is 3.70. The zero-order chi connectivity index (χ0) is 12.3. The molecule has 1 aliphatic carbocycles. The summed E-state index contributed by atoms with van der Waals surface area (Å²) >= 11 is 0. The van der Waals surface area contributed by atoms with Gasteiger partial charge in [0, 0.05) is 19.6 Å². The van der Waals surface area contributed by atoms with Crippen molar-refractivity contribution in [2.75, 3.05) is 32.0 Å². The van der Waals surface area contributed by atoms with Gasteiger partial charge in [0.05, 0.1) is 5.69 Å². The summed E-state index contributed by atoms with van der Waals surface area (Å²) in [5.41, 5.74) is 0.598. The van der Waals surface area contributed by atoms with Gasteiger partial charge in [0.25, 0.3) is 0 Å². The summed E-state index contributed by atoms with van der Waals surface area (Å²) in [5, 5.41) is 3.13. The van der Waals surface area contributed by atoms with Crippen molar-refractivity contribution in [1.82, 2.24) is 4.90 Å². The zero-order valence-corrected chi connectivity index (χ0v) is 10.6. The van der Waals surface area contributed by atoms with Crippen LogP contribution in [0.3, 0.4) is 0 Å². The van der Waals surface area contributed by atoms with E-state index < -0.39 is 0 Å². The van der Waals surface area contributed by atoms with Crippen LogP contribution in [-0.4, -0.2) is 31.6 Å². The molecule has 1 aromatic carbocycles. The second kappa shape index (κ2) is 5.50. The minimum atomic E-state index is -0.175. The Hall–Kier alpha value is -1.09. The van der Waals surface area contributed by atoms with Crippen LogP contribution in [0, 0.1) is 17.7 Å². The number of hydrogen-bond acceptors (Lipinski definition) is 2. The van der Waals surface area contributed by atoms with E-state index in [0.717, 1.165) is 24.9 Å². The van der Waals surface area contributed by atoms with E-state index in [2.05, 4.69) is 24.2 Å². The topological polar surface area (TPSA) is 15.3 Å². The van der Waals surface area contributed by atoms with Gasteiger partial charge in [0.2, 0.25) is 0 Å². The van der Waals surface area contributed by atoms with Gasteiger partial charge >= 0.3 is 0 Å². The molecule has 2 atom stereocenters. The molecule has 0 radical (unpaired) electrons. The molecule has 0 aliphatic heterocycles. The van der Waals surface area contributed by atoms with Crippen molar-refractivity contribution in [3.8, 4) is 0 Å². The molecule has 2 unspecified atom stereocenters. The van der Waals surface area contributed by atoms with Crippen molar-refractivity contribution in [1.29, 1.82) is 0 Å². The largest absolute Gasteiger partial charge is 0.381 e. The lowest BCUT2D eigenvalue weighted by Gasteiger charge is -2.17. The van der Waals surface area contributed by atoms with E-state index in [-0.39, 0.29) is 5.82 Å². The number of halogens is 1. The van der Waals surface area contributed by atoms with Gasteiger partial charge in [0.1, 0.15) is 5.82 Å². The molecule has 0 amide bonds. The van der Waals surface area contributed by atoms with Crippen molar-refractivity contribution in [2.45, 2.75) is 13.3 Å². The number of para-hydroxylation sites is 1. The highest BCUT2D eigenvalue weighted by Gasteiger charge is 2.32. The van der Waals surface area contributed by atoms with Gasteiger partial charge in [-0.2, -0.15) is 0 Å². The summed E-state index contributed by atoms with van der Waals surface area (Å²) in [4.78, 5) is 2.32. The lowest BCUT2D eigenvalue weighted by atomic mass is 10.3. The molecule has 1 fully saturated rings. The Kier molecular flexibility index (Phi) is 4.00. The third-order valence-corrected chi connectivity index (χ3v) is 3.51. The number of benzene rings is 1. The fourth-order valence-electron chi connectivity index (χ4n) is 2.13. The highest BCUT2D eigenvalue weighted by atomic mass is 19.1. The fraction of sp³-hybridized carbons (Fsp3) is 0.571. The van der Waals surface area contributed by atoms with Crippen LogP contribution in [0.5, 0.6) is 0 Å². The molecule has 0 aromatic heterocycles. The predicted molar refractivity (Wildman–Crippen MR) is 69.7 cm³/mol. The van der Waals surface area contributed by atoms with Gasteiger partial charge in [-0.1, -0.05) is 19.1 Å². The first kappa shape index (κ1) is 12.4. The first-order chi connectivity index (χ1) is 8.16. The summed E-state index contributed by atoms with van der Waals surface area (Å²) in [6, 6.07) is 6.82. The fourth-order valence-corrected chi connectivity index (χ4v) is 2.13. The maximum atomic E-state index is 13.3. The highest BCUT2D eigenvalue weighted by molar-refractivity contribution is 5.44. The molecule has 1 saturated carbocycles. The van der Waals surface area contributed by atoms with Crippen LogP contribution >= 0.6 is 0 Å². The van der Waals surface area contributed by atoms with Gasteiger partial charge in [-0.25, -0.2) is 4.39 Å². The summed E-state index contributed by atoms with van der Waals surface area (Å²) in [7, 11) is 2.13. The molecule has 0 saturated heterocycles. The molecule has 2 rings (SSSR count). The summed E-state index contributed by atoms with van der Waals surface area (Å²) < 4.78 is 13.3. The molecule has 3 heteroatoms. The van der Waals surface area contributed by atoms with E-state index >= 15 is 0 Å². The third-order valence-electron chi connectivity index (χ3n) is 3.51. The van der Waals surface area contributed by atoms with E-state index in [0.29, 0.717) is 5.69 Å². The van der Waals surface area contributed by atoms with E-state index in [1.165, 1.54) is 19.0 Å². The maximum absolute atomic E-state index is 13.3. The maximum Gasteiger partial charge on any atom is 0.146 e. The van der Waals surface area contributed by atoms with Crippen LogP contribution in [0.25, 0.3) is 0 Å². The molecule has 0 heterocycles. The Bertz CT molecular complexity index is 367. The zero-order valence-electron chi connectivity index (χ0n) is 10.6. The Morgan fingerprint density at radius 2 is 2.12 bits per heavy atom. The number of rotatable bonds is 6. The SMILES string of the molecule is CC1CC1CN(C)CCNc1ccccc1F. The highest BCUT2D eigenvalue weighted by Crippen LogP contribution is 2.37. The Morgan fingerprint density at radius 1 is 1.41 bits per heavy atom. The van der Waals surface area contributed by atoms with Crippen LogP contribution in [0.4, 0.5) is 10.1 Å². The van der Waals surface area contributed by atoms with Gasteiger partial charge in [0.15, 0.2) is 0 Å². The van der Waals surface area contributed by atoms with E-state index in [1.807, 2.05) is 6.07 Å². The van der Waals surface area contributed by atoms with Crippen LogP contribution in [0.1, 0.15) is 13.3 Å². The summed E-state index contributed by atoms with van der Waals surface area (Å²) in [6.07, 6.45) is 1.37. The first-order valence-corrected chi connectivity index (χ1v) is 6.33. The number of nitrogens with zero attached hydrogens (tertiary/aromatic N) is 1. The molecule has 1 N–H and O–H groups in total. The van der Waals surface area contributed by atoms with Gasteiger partial charge in [-0.05, 0) is 37.4 Å². The average Bonchev–Trinajstić information content (AvgIpc) is 2.97. The van der Waals surface area contributed by atoms with Crippen molar-refractivity contribution >= 4 is 5.69 Å². The van der Waals surface area contributed by atoms with Crippen molar-refractivity contribution < 1.29 is 4.39 Å².